The number of amides is 1. The molecule has 1 aromatic rings. The second kappa shape index (κ2) is 6.36. The van der Waals surface area contributed by atoms with E-state index in [1.807, 2.05) is 20.8 Å². The van der Waals surface area contributed by atoms with Crippen LogP contribution in [-0.2, 0) is 10.8 Å². The SMILES string of the molecule is CCOc1cc(Cl)ccc1C(=O)N1CC[S@@](=O)C(C)(C)C1. The lowest BCUT2D eigenvalue weighted by Gasteiger charge is -2.37. The standard InChI is InChI=1S/C15H20ClNO3S/c1-4-20-13-9-11(16)5-6-12(13)14(18)17-7-8-21(19)15(2,3)10-17/h5-6,9H,4,7-8,10H2,1-3H3/t21-/m1/s1. The zero-order valence-corrected chi connectivity index (χ0v) is 14.1. The molecule has 2 rings (SSSR count). The molecule has 1 fully saturated rings. The molecule has 0 unspecified atom stereocenters. The van der Waals surface area contributed by atoms with Crippen molar-refractivity contribution in [1.29, 1.82) is 0 Å². The summed E-state index contributed by atoms with van der Waals surface area (Å²) < 4.78 is 17.1. The number of ether oxygens (including phenoxy) is 1. The number of halogens is 1. The number of carbonyl (C=O) groups excluding carboxylic acids is 1. The van der Waals surface area contributed by atoms with Crippen LogP contribution in [0.4, 0.5) is 0 Å². The van der Waals surface area contributed by atoms with Gasteiger partial charge < -0.3 is 9.64 Å². The fourth-order valence-corrected chi connectivity index (χ4v) is 3.77. The van der Waals surface area contributed by atoms with Gasteiger partial charge in [-0.05, 0) is 39.0 Å². The third-order valence-corrected chi connectivity index (χ3v) is 5.65. The van der Waals surface area contributed by atoms with Crippen LogP contribution in [0, 0.1) is 0 Å². The van der Waals surface area contributed by atoms with E-state index in [0.717, 1.165) is 0 Å². The first-order chi connectivity index (χ1) is 9.85. The van der Waals surface area contributed by atoms with E-state index in [2.05, 4.69) is 0 Å². The molecule has 0 spiro atoms. The Labute approximate surface area is 132 Å². The number of carbonyl (C=O) groups is 1. The summed E-state index contributed by atoms with van der Waals surface area (Å²) in [5, 5.41) is 0.537. The minimum atomic E-state index is -0.903. The van der Waals surface area contributed by atoms with Gasteiger partial charge in [0, 0.05) is 34.7 Å². The average molecular weight is 330 g/mol. The topological polar surface area (TPSA) is 46.6 Å². The van der Waals surface area contributed by atoms with Crippen LogP contribution < -0.4 is 4.74 Å². The lowest BCUT2D eigenvalue weighted by molar-refractivity contribution is 0.0741. The van der Waals surface area contributed by atoms with Crippen molar-refractivity contribution in [1.82, 2.24) is 4.90 Å². The van der Waals surface area contributed by atoms with Crippen molar-refractivity contribution >= 4 is 28.3 Å². The summed E-state index contributed by atoms with van der Waals surface area (Å²) in [6.07, 6.45) is 0. The average Bonchev–Trinajstić information content (AvgIpc) is 2.42. The van der Waals surface area contributed by atoms with Gasteiger partial charge >= 0.3 is 0 Å². The first-order valence-electron chi connectivity index (χ1n) is 6.95. The fraction of sp³-hybridized carbons (Fsp3) is 0.533. The molecule has 4 nitrogen and oxygen atoms in total. The molecule has 0 aromatic heterocycles. The van der Waals surface area contributed by atoms with Crippen molar-refractivity contribution < 1.29 is 13.7 Å². The monoisotopic (exact) mass is 329 g/mol. The maximum atomic E-state index is 12.7. The zero-order chi connectivity index (χ0) is 15.6. The predicted molar refractivity (Wildman–Crippen MR) is 85.6 cm³/mol. The Hall–Kier alpha value is -1.07. The zero-order valence-electron chi connectivity index (χ0n) is 12.5. The quantitative estimate of drug-likeness (QED) is 0.856. The molecule has 0 radical (unpaired) electrons. The Morgan fingerprint density at radius 3 is 2.81 bits per heavy atom. The van der Waals surface area contributed by atoms with E-state index >= 15 is 0 Å². The molecule has 1 aliphatic rings. The molecule has 1 atom stereocenters. The van der Waals surface area contributed by atoms with Crippen LogP contribution in [0.2, 0.25) is 5.02 Å². The molecule has 6 heteroatoms. The third kappa shape index (κ3) is 3.58. The summed E-state index contributed by atoms with van der Waals surface area (Å²) in [4.78, 5) is 14.4. The van der Waals surface area contributed by atoms with Crippen LogP contribution in [0.5, 0.6) is 5.75 Å². The molecule has 0 aliphatic carbocycles. The molecule has 1 amide bonds. The van der Waals surface area contributed by atoms with Gasteiger partial charge in [-0.25, -0.2) is 0 Å². The molecular weight excluding hydrogens is 310 g/mol. The van der Waals surface area contributed by atoms with Gasteiger partial charge in [-0.2, -0.15) is 0 Å². The van der Waals surface area contributed by atoms with E-state index in [9.17, 15) is 9.00 Å². The first-order valence-corrected chi connectivity index (χ1v) is 8.65. The van der Waals surface area contributed by atoms with Crippen LogP contribution in [0.1, 0.15) is 31.1 Å². The second-order valence-electron chi connectivity index (χ2n) is 5.61. The van der Waals surface area contributed by atoms with Gasteiger partial charge in [-0.3, -0.25) is 9.00 Å². The molecule has 1 saturated heterocycles. The molecule has 0 saturated carbocycles. The van der Waals surface area contributed by atoms with Crippen LogP contribution in [0.15, 0.2) is 18.2 Å². The Balaban J connectivity index is 2.26. The number of rotatable bonds is 3. The van der Waals surface area contributed by atoms with Gasteiger partial charge in [0.15, 0.2) is 0 Å². The highest BCUT2D eigenvalue weighted by atomic mass is 35.5. The molecule has 1 heterocycles. The molecule has 0 bridgehead atoms. The molecule has 0 N–H and O–H groups in total. The predicted octanol–water partition coefficient (Wildman–Crippen LogP) is 2.72. The summed E-state index contributed by atoms with van der Waals surface area (Å²) in [5.41, 5.74) is 0.504. The van der Waals surface area contributed by atoms with E-state index in [-0.39, 0.29) is 10.7 Å². The summed E-state index contributed by atoms with van der Waals surface area (Å²) in [5.74, 6) is 0.912. The van der Waals surface area contributed by atoms with Crippen LogP contribution in [0.25, 0.3) is 0 Å². The Morgan fingerprint density at radius 1 is 1.48 bits per heavy atom. The number of hydrogen-bond acceptors (Lipinski definition) is 3. The Kier molecular flexibility index (Phi) is 4.94. The second-order valence-corrected chi connectivity index (χ2v) is 8.25. The maximum Gasteiger partial charge on any atom is 0.257 e. The molecular formula is C15H20ClNO3S. The van der Waals surface area contributed by atoms with Crippen molar-refractivity contribution in [3.8, 4) is 5.75 Å². The van der Waals surface area contributed by atoms with E-state index in [0.29, 0.717) is 41.8 Å². The van der Waals surface area contributed by atoms with Crippen molar-refractivity contribution in [2.45, 2.75) is 25.5 Å². The fourth-order valence-electron chi connectivity index (χ4n) is 2.37. The van der Waals surface area contributed by atoms with E-state index in [1.165, 1.54) is 0 Å². The molecule has 116 valence electrons. The van der Waals surface area contributed by atoms with Crippen molar-refractivity contribution in [3.05, 3.63) is 28.8 Å². The highest BCUT2D eigenvalue weighted by Gasteiger charge is 2.36. The van der Waals surface area contributed by atoms with Gasteiger partial charge in [-0.1, -0.05) is 11.6 Å². The minimum absolute atomic E-state index is 0.0973. The van der Waals surface area contributed by atoms with Gasteiger partial charge in [-0.15, -0.1) is 0 Å². The Bertz CT molecular complexity index is 574. The molecule has 21 heavy (non-hydrogen) atoms. The van der Waals surface area contributed by atoms with Gasteiger partial charge in [0.05, 0.1) is 16.9 Å². The number of benzene rings is 1. The van der Waals surface area contributed by atoms with Gasteiger partial charge in [0.2, 0.25) is 0 Å². The summed E-state index contributed by atoms with van der Waals surface area (Å²) in [7, 11) is -0.903. The summed E-state index contributed by atoms with van der Waals surface area (Å²) in [6.45, 7) is 7.16. The minimum Gasteiger partial charge on any atom is -0.493 e. The van der Waals surface area contributed by atoms with Gasteiger partial charge in [0.25, 0.3) is 5.91 Å². The van der Waals surface area contributed by atoms with Crippen LogP contribution >= 0.6 is 11.6 Å². The summed E-state index contributed by atoms with van der Waals surface area (Å²) in [6, 6.07) is 5.03. The van der Waals surface area contributed by atoms with E-state index in [1.54, 1.807) is 23.1 Å². The highest BCUT2D eigenvalue weighted by molar-refractivity contribution is 7.86. The largest absolute Gasteiger partial charge is 0.493 e. The van der Waals surface area contributed by atoms with Crippen molar-refractivity contribution in [2.75, 3.05) is 25.4 Å². The lowest BCUT2D eigenvalue weighted by Crippen LogP contribution is -2.52. The Morgan fingerprint density at radius 2 is 2.19 bits per heavy atom. The maximum absolute atomic E-state index is 12.7. The number of nitrogens with zero attached hydrogens (tertiary/aromatic N) is 1. The van der Waals surface area contributed by atoms with Crippen LogP contribution in [0.3, 0.4) is 0 Å². The highest BCUT2D eigenvalue weighted by Crippen LogP contribution is 2.27. The van der Waals surface area contributed by atoms with E-state index < -0.39 is 10.8 Å². The molecule has 1 aliphatic heterocycles. The third-order valence-electron chi connectivity index (χ3n) is 3.50. The molecule has 1 aromatic carbocycles. The number of hydrogen-bond donors (Lipinski definition) is 0. The van der Waals surface area contributed by atoms with Gasteiger partial charge in [0.1, 0.15) is 5.75 Å². The summed E-state index contributed by atoms with van der Waals surface area (Å²) >= 11 is 5.96. The van der Waals surface area contributed by atoms with Crippen molar-refractivity contribution in [3.63, 3.8) is 0 Å². The lowest BCUT2D eigenvalue weighted by atomic mass is 10.1. The van der Waals surface area contributed by atoms with E-state index in [4.69, 9.17) is 16.3 Å². The smallest absolute Gasteiger partial charge is 0.257 e. The first kappa shape index (κ1) is 16.3. The van der Waals surface area contributed by atoms with Crippen molar-refractivity contribution in [2.24, 2.45) is 0 Å². The normalized spacial score (nSPS) is 21.1. The van der Waals surface area contributed by atoms with Crippen LogP contribution in [-0.4, -0.2) is 45.2 Å².